The van der Waals surface area contributed by atoms with Gasteiger partial charge in [0.2, 0.25) is 0 Å². The van der Waals surface area contributed by atoms with E-state index >= 15 is 0 Å². The highest BCUT2D eigenvalue weighted by Crippen LogP contribution is 2.28. The Labute approximate surface area is 116 Å². The number of rotatable bonds is 6. The fraction of sp³-hybridized carbons (Fsp3) is 0.308. The fourth-order valence-electron chi connectivity index (χ4n) is 1.80. The molecule has 0 radical (unpaired) electrons. The summed E-state index contributed by atoms with van der Waals surface area (Å²) in [6, 6.07) is 4.95. The Morgan fingerprint density at radius 1 is 1.50 bits per heavy atom. The van der Waals surface area contributed by atoms with Gasteiger partial charge in [-0.05, 0) is 18.6 Å². The number of anilines is 2. The lowest BCUT2D eigenvalue weighted by molar-refractivity contribution is -0.383. The van der Waals surface area contributed by atoms with E-state index < -0.39 is 4.92 Å². The summed E-state index contributed by atoms with van der Waals surface area (Å²) >= 11 is 0. The molecule has 1 aromatic carbocycles. The summed E-state index contributed by atoms with van der Waals surface area (Å²) in [4.78, 5) is 10.6. The van der Waals surface area contributed by atoms with E-state index in [1.165, 1.54) is 6.07 Å². The van der Waals surface area contributed by atoms with Crippen LogP contribution in [0.3, 0.4) is 0 Å². The highest BCUT2D eigenvalue weighted by molar-refractivity contribution is 5.69. The standard InChI is InChI=1S/C13H16N4O3/c1-10-3-4-13(17(18)19)12(7-10)15-11-8-14-16(9-11)5-6-20-2/h3-4,7-9,15H,5-6H2,1-2H3. The number of aryl methyl sites for hydroxylation is 1. The predicted octanol–water partition coefficient (Wildman–Crippen LogP) is 2.49. The van der Waals surface area contributed by atoms with Crippen LogP contribution in [0.4, 0.5) is 17.1 Å². The van der Waals surface area contributed by atoms with Crippen molar-refractivity contribution in [3.05, 3.63) is 46.3 Å². The zero-order chi connectivity index (χ0) is 14.5. The molecule has 0 spiro atoms. The molecule has 0 aliphatic carbocycles. The second kappa shape index (κ2) is 6.16. The molecular formula is C13H16N4O3. The minimum atomic E-state index is -0.406. The van der Waals surface area contributed by atoms with Crippen molar-refractivity contribution >= 4 is 17.1 Å². The van der Waals surface area contributed by atoms with Crippen molar-refractivity contribution in [3.8, 4) is 0 Å². The normalized spacial score (nSPS) is 10.5. The summed E-state index contributed by atoms with van der Waals surface area (Å²) < 4.78 is 6.68. The van der Waals surface area contributed by atoms with Gasteiger partial charge >= 0.3 is 0 Å². The maximum Gasteiger partial charge on any atom is 0.292 e. The maximum atomic E-state index is 11.0. The Hall–Kier alpha value is -2.41. The molecule has 7 heteroatoms. The van der Waals surface area contributed by atoms with Crippen molar-refractivity contribution in [1.82, 2.24) is 9.78 Å². The van der Waals surface area contributed by atoms with E-state index in [4.69, 9.17) is 4.74 Å². The summed E-state index contributed by atoms with van der Waals surface area (Å²) in [7, 11) is 1.62. The number of nitrogens with one attached hydrogen (secondary N) is 1. The molecule has 0 aliphatic rings. The summed E-state index contributed by atoms with van der Waals surface area (Å²) in [6.07, 6.45) is 3.41. The molecule has 2 rings (SSSR count). The zero-order valence-electron chi connectivity index (χ0n) is 11.4. The van der Waals surface area contributed by atoms with Crippen molar-refractivity contribution < 1.29 is 9.66 Å². The third kappa shape index (κ3) is 3.33. The van der Waals surface area contributed by atoms with E-state index in [9.17, 15) is 10.1 Å². The molecule has 1 N–H and O–H groups in total. The minimum absolute atomic E-state index is 0.0419. The molecule has 20 heavy (non-hydrogen) atoms. The number of methoxy groups -OCH3 is 1. The lowest BCUT2D eigenvalue weighted by atomic mass is 10.2. The molecular weight excluding hydrogens is 260 g/mol. The number of aromatic nitrogens is 2. The molecule has 0 saturated carbocycles. The molecule has 7 nitrogen and oxygen atoms in total. The number of ether oxygens (including phenoxy) is 1. The molecule has 0 fully saturated rings. The average Bonchev–Trinajstić information content (AvgIpc) is 2.83. The first-order chi connectivity index (χ1) is 9.60. The van der Waals surface area contributed by atoms with Crippen molar-refractivity contribution in [3.63, 3.8) is 0 Å². The summed E-state index contributed by atoms with van der Waals surface area (Å²) in [6.45, 7) is 3.08. The van der Waals surface area contributed by atoms with Crippen LogP contribution < -0.4 is 5.32 Å². The lowest BCUT2D eigenvalue weighted by Gasteiger charge is -2.05. The van der Waals surface area contributed by atoms with E-state index in [0.717, 1.165) is 5.56 Å². The first kappa shape index (κ1) is 14.0. The van der Waals surface area contributed by atoms with E-state index in [2.05, 4.69) is 10.4 Å². The summed E-state index contributed by atoms with van der Waals surface area (Å²) in [5.41, 5.74) is 2.15. The van der Waals surface area contributed by atoms with E-state index in [1.807, 2.05) is 6.92 Å². The average molecular weight is 276 g/mol. The second-order valence-corrected chi connectivity index (χ2v) is 4.39. The van der Waals surface area contributed by atoms with Gasteiger partial charge < -0.3 is 10.1 Å². The van der Waals surface area contributed by atoms with Crippen LogP contribution in [0.15, 0.2) is 30.6 Å². The quantitative estimate of drug-likeness (QED) is 0.647. The first-order valence-electron chi connectivity index (χ1n) is 6.13. The predicted molar refractivity (Wildman–Crippen MR) is 75.2 cm³/mol. The Morgan fingerprint density at radius 3 is 3.00 bits per heavy atom. The van der Waals surface area contributed by atoms with Gasteiger partial charge in [0.05, 0.1) is 30.0 Å². The molecule has 1 aromatic heterocycles. The van der Waals surface area contributed by atoms with Gasteiger partial charge in [-0.1, -0.05) is 6.07 Å². The van der Waals surface area contributed by atoms with Crippen LogP contribution in [0.1, 0.15) is 5.56 Å². The molecule has 1 heterocycles. The summed E-state index contributed by atoms with van der Waals surface area (Å²) in [5, 5.41) is 18.2. The van der Waals surface area contributed by atoms with Crippen LogP contribution in [0.2, 0.25) is 0 Å². The molecule has 0 unspecified atom stereocenters. The second-order valence-electron chi connectivity index (χ2n) is 4.39. The van der Waals surface area contributed by atoms with Crippen LogP contribution in [-0.4, -0.2) is 28.4 Å². The van der Waals surface area contributed by atoms with Crippen molar-refractivity contribution in [2.45, 2.75) is 13.5 Å². The SMILES string of the molecule is COCCn1cc(Nc2cc(C)ccc2[N+](=O)[O-])cn1. The number of hydrogen-bond donors (Lipinski definition) is 1. The molecule has 0 bridgehead atoms. The van der Waals surface area contributed by atoms with Crippen molar-refractivity contribution in [2.24, 2.45) is 0 Å². The molecule has 0 atom stereocenters. The first-order valence-corrected chi connectivity index (χ1v) is 6.13. The molecule has 106 valence electrons. The van der Waals surface area contributed by atoms with Crippen LogP contribution in [-0.2, 0) is 11.3 Å². The third-order valence-electron chi connectivity index (χ3n) is 2.79. The van der Waals surface area contributed by atoms with E-state index in [1.54, 1.807) is 36.3 Å². The van der Waals surface area contributed by atoms with E-state index in [-0.39, 0.29) is 5.69 Å². The van der Waals surface area contributed by atoms with Gasteiger partial charge in [0.25, 0.3) is 5.69 Å². The van der Waals surface area contributed by atoms with Gasteiger partial charge in [0.1, 0.15) is 5.69 Å². The van der Waals surface area contributed by atoms with Crippen LogP contribution in [0.5, 0.6) is 0 Å². The Morgan fingerprint density at radius 2 is 2.30 bits per heavy atom. The number of benzene rings is 1. The number of nitro benzene ring substituents is 1. The van der Waals surface area contributed by atoms with Crippen molar-refractivity contribution in [1.29, 1.82) is 0 Å². The van der Waals surface area contributed by atoms with Crippen molar-refractivity contribution in [2.75, 3.05) is 19.0 Å². The number of nitro groups is 1. The van der Waals surface area contributed by atoms with Gasteiger partial charge in [-0.2, -0.15) is 5.10 Å². The topological polar surface area (TPSA) is 82.2 Å². The van der Waals surface area contributed by atoms with Crippen LogP contribution in [0.25, 0.3) is 0 Å². The van der Waals surface area contributed by atoms with Crippen LogP contribution >= 0.6 is 0 Å². The Bertz CT molecular complexity index is 609. The Balaban J connectivity index is 2.19. The highest BCUT2D eigenvalue weighted by Gasteiger charge is 2.14. The monoisotopic (exact) mass is 276 g/mol. The van der Waals surface area contributed by atoms with Gasteiger partial charge in [-0.25, -0.2) is 0 Å². The van der Waals surface area contributed by atoms with Gasteiger partial charge in [-0.3, -0.25) is 14.8 Å². The largest absolute Gasteiger partial charge is 0.383 e. The molecule has 0 saturated heterocycles. The number of nitrogens with zero attached hydrogens (tertiary/aromatic N) is 3. The molecule has 0 amide bonds. The highest BCUT2D eigenvalue weighted by atomic mass is 16.6. The Kier molecular flexibility index (Phi) is 4.31. The summed E-state index contributed by atoms with van der Waals surface area (Å²) in [5.74, 6) is 0. The van der Waals surface area contributed by atoms with Gasteiger partial charge in [0.15, 0.2) is 0 Å². The van der Waals surface area contributed by atoms with E-state index in [0.29, 0.717) is 24.5 Å². The third-order valence-corrected chi connectivity index (χ3v) is 2.79. The van der Waals surface area contributed by atoms with Gasteiger partial charge in [0, 0.05) is 19.4 Å². The number of hydrogen-bond acceptors (Lipinski definition) is 5. The van der Waals surface area contributed by atoms with Crippen LogP contribution in [0, 0.1) is 17.0 Å². The zero-order valence-corrected chi connectivity index (χ0v) is 11.4. The molecule has 2 aromatic rings. The maximum absolute atomic E-state index is 11.0. The fourth-order valence-corrected chi connectivity index (χ4v) is 1.80. The minimum Gasteiger partial charge on any atom is -0.383 e. The smallest absolute Gasteiger partial charge is 0.292 e. The molecule has 0 aliphatic heterocycles. The lowest BCUT2D eigenvalue weighted by Crippen LogP contribution is -2.04. The van der Waals surface area contributed by atoms with Gasteiger partial charge in [-0.15, -0.1) is 0 Å².